The maximum absolute atomic E-state index is 11.5. The monoisotopic (exact) mass is 268 g/mol. The number of benzene rings is 2. The fourth-order valence-electron chi connectivity index (χ4n) is 2.60. The number of para-hydroxylation sites is 1. The van der Waals surface area contributed by atoms with Crippen LogP contribution in [0.3, 0.4) is 0 Å². The van der Waals surface area contributed by atoms with Crippen LogP contribution in [-0.4, -0.2) is 11.1 Å². The molecule has 3 nitrogen and oxygen atoms in total. The van der Waals surface area contributed by atoms with Crippen molar-refractivity contribution in [2.45, 2.75) is 25.7 Å². The minimum atomic E-state index is -0.930. The third-order valence-corrected chi connectivity index (χ3v) is 3.90. The molecule has 0 bridgehead atoms. The van der Waals surface area contributed by atoms with Gasteiger partial charge in [-0.15, -0.1) is 0 Å². The summed E-state index contributed by atoms with van der Waals surface area (Å²) in [4.78, 5) is 11.5. The van der Waals surface area contributed by atoms with Crippen molar-refractivity contribution in [3.05, 3.63) is 59.2 Å². The van der Waals surface area contributed by atoms with Gasteiger partial charge in [0.05, 0.1) is 5.41 Å². The second-order valence-corrected chi connectivity index (χ2v) is 5.60. The van der Waals surface area contributed by atoms with E-state index in [0.717, 1.165) is 28.2 Å². The summed E-state index contributed by atoms with van der Waals surface area (Å²) in [6.45, 7) is 3.46. The Morgan fingerprint density at radius 2 is 1.80 bits per heavy atom. The zero-order valence-electron chi connectivity index (χ0n) is 11.5. The van der Waals surface area contributed by atoms with E-state index in [1.165, 1.54) is 0 Å². The highest BCUT2D eigenvalue weighted by Gasteiger charge is 2.34. The molecule has 102 valence electrons. The quantitative estimate of drug-likeness (QED) is 0.770. The minimum absolute atomic E-state index is 0.707. The second-order valence-electron chi connectivity index (χ2n) is 5.60. The van der Waals surface area contributed by atoms with Gasteiger partial charge in [-0.2, -0.15) is 0 Å². The first-order valence-corrected chi connectivity index (χ1v) is 6.61. The number of hydrogen-bond donors (Lipinski definition) is 1. The fourth-order valence-corrected chi connectivity index (χ4v) is 2.60. The molecule has 1 heterocycles. The Bertz CT molecular complexity index is 686. The summed E-state index contributed by atoms with van der Waals surface area (Å²) in [6.07, 6.45) is 0.707. The molecule has 0 saturated heterocycles. The number of ether oxygens (including phenoxy) is 1. The van der Waals surface area contributed by atoms with E-state index < -0.39 is 11.4 Å². The van der Waals surface area contributed by atoms with Gasteiger partial charge in [-0.1, -0.05) is 30.3 Å². The lowest BCUT2D eigenvalue weighted by Crippen LogP contribution is -2.30. The van der Waals surface area contributed by atoms with Crippen molar-refractivity contribution in [1.29, 1.82) is 0 Å². The van der Waals surface area contributed by atoms with Crippen LogP contribution in [0.5, 0.6) is 11.5 Å². The molecule has 0 amide bonds. The van der Waals surface area contributed by atoms with Crippen molar-refractivity contribution >= 4 is 5.97 Å². The van der Waals surface area contributed by atoms with Crippen LogP contribution < -0.4 is 4.74 Å². The van der Waals surface area contributed by atoms with Gasteiger partial charge in [0.15, 0.2) is 0 Å². The number of rotatable bonds is 2. The summed E-state index contributed by atoms with van der Waals surface area (Å²) >= 11 is 0. The summed E-state index contributed by atoms with van der Waals surface area (Å²) in [6, 6.07) is 13.5. The Kier molecular flexibility index (Phi) is 2.78. The molecule has 20 heavy (non-hydrogen) atoms. The first kappa shape index (κ1) is 12.7. The van der Waals surface area contributed by atoms with Crippen molar-refractivity contribution in [3.8, 4) is 11.5 Å². The molecule has 1 N–H and O–H groups in total. The number of carboxylic acid groups (broad SMARTS) is 1. The van der Waals surface area contributed by atoms with Crippen LogP contribution in [0, 0.1) is 0 Å². The zero-order valence-corrected chi connectivity index (χ0v) is 11.5. The first-order chi connectivity index (χ1) is 9.50. The van der Waals surface area contributed by atoms with Gasteiger partial charge in [0.1, 0.15) is 11.5 Å². The van der Waals surface area contributed by atoms with Gasteiger partial charge in [0.25, 0.3) is 0 Å². The second kappa shape index (κ2) is 4.37. The molecule has 0 aliphatic carbocycles. The van der Waals surface area contributed by atoms with Gasteiger partial charge in [-0.25, -0.2) is 0 Å². The van der Waals surface area contributed by atoms with Gasteiger partial charge < -0.3 is 9.84 Å². The lowest BCUT2D eigenvalue weighted by Gasteiger charge is -2.28. The van der Waals surface area contributed by atoms with Crippen molar-refractivity contribution in [2.24, 2.45) is 0 Å². The van der Waals surface area contributed by atoms with Gasteiger partial charge in [-0.3, -0.25) is 4.79 Å². The maximum atomic E-state index is 11.5. The van der Waals surface area contributed by atoms with Crippen molar-refractivity contribution in [3.63, 3.8) is 0 Å². The fraction of sp³-hybridized carbons (Fsp3) is 0.235. The Morgan fingerprint density at radius 3 is 2.55 bits per heavy atom. The molecule has 0 unspecified atom stereocenters. The molecule has 2 aromatic rings. The Hall–Kier alpha value is -2.29. The molecule has 0 atom stereocenters. The van der Waals surface area contributed by atoms with Crippen LogP contribution >= 0.6 is 0 Å². The van der Waals surface area contributed by atoms with Crippen molar-refractivity contribution < 1.29 is 14.6 Å². The lowest BCUT2D eigenvalue weighted by molar-refractivity contribution is -0.142. The van der Waals surface area contributed by atoms with E-state index in [-0.39, 0.29) is 0 Å². The van der Waals surface area contributed by atoms with Crippen molar-refractivity contribution in [2.75, 3.05) is 0 Å². The summed E-state index contributed by atoms with van der Waals surface area (Å²) in [7, 11) is 0. The van der Waals surface area contributed by atoms with E-state index in [0.29, 0.717) is 6.42 Å². The molecule has 0 spiro atoms. The molecule has 1 aliphatic rings. The average Bonchev–Trinajstić information content (AvgIpc) is 2.44. The predicted molar refractivity (Wildman–Crippen MR) is 76.4 cm³/mol. The van der Waals surface area contributed by atoms with E-state index in [9.17, 15) is 9.90 Å². The number of carbonyl (C=O) groups is 1. The summed E-state index contributed by atoms with van der Waals surface area (Å²) < 4.78 is 5.90. The number of hydrogen-bond acceptors (Lipinski definition) is 2. The SMILES string of the molecule is CC(C)(C(=O)O)c1cccc2c1Cc1ccccc1O2. The molecule has 3 rings (SSSR count). The van der Waals surface area contributed by atoms with Gasteiger partial charge >= 0.3 is 5.97 Å². The number of aliphatic carboxylic acids is 1. The molecule has 0 radical (unpaired) electrons. The molecule has 2 aromatic carbocycles. The third kappa shape index (κ3) is 1.86. The highest BCUT2D eigenvalue weighted by Crippen LogP contribution is 2.41. The van der Waals surface area contributed by atoms with E-state index in [2.05, 4.69) is 0 Å². The molecule has 0 aromatic heterocycles. The number of carboxylic acids is 1. The Balaban J connectivity index is 2.14. The topological polar surface area (TPSA) is 46.5 Å². The van der Waals surface area contributed by atoms with Crippen LogP contribution in [0.15, 0.2) is 42.5 Å². The molecular formula is C17H16O3. The summed E-state index contributed by atoms with van der Waals surface area (Å²) in [5.74, 6) is 0.783. The van der Waals surface area contributed by atoms with E-state index in [4.69, 9.17) is 4.74 Å². The molecule has 3 heteroatoms. The van der Waals surface area contributed by atoms with Crippen LogP contribution in [0.1, 0.15) is 30.5 Å². The molecule has 0 saturated carbocycles. The van der Waals surface area contributed by atoms with Crippen LogP contribution in [0.4, 0.5) is 0 Å². The van der Waals surface area contributed by atoms with Gasteiger partial charge in [-0.05, 0) is 37.1 Å². The van der Waals surface area contributed by atoms with E-state index >= 15 is 0 Å². The van der Waals surface area contributed by atoms with Crippen LogP contribution in [0.25, 0.3) is 0 Å². The van der Waals surface area contributed by atoms with Crippen molar-refractivity contribution in [1.82, 2.24) is 0 Å². The summed E-state index contributed by atoms with van der Waals surface area (Å²) in [5.41, 5.74) is 1.95. The normalized spacial score (nSPS) is 13.1. The smallest absolute Gasteiger partial charge is 0.313 e. The Morgan fingerprint density at radius 1 is 1.10 bits per heavy atom. The van der Waals surface area contributed by atoms with E-state index in [1.54, 1.807) is 13.8 Å². The maximum Gasteiger partial charge on any atom is 0.313 e. The molecular weight excluding hydrogens is 252 g/mol. The average molecular weight is 268 g/mol. The van der Waals surface area contributed by atoms with Gasteiger partial charge in [0.2, 0.25) is 0 Å². The highest BCUT2D eigenvalue weighted by atomic mass is 16.5. The lowest BCUT2D eigenvalue weighted by atomic mass is 9.79. The predicted octanol–water partition coefficient (Wildman–Crippen LogP) is 3.75. The van der Waals surface area contributed by atoms with E-state index in [1.807, 2.05) is 42.5 Å². The van der Waals surface area contributed by atoms with Crippen LogP contribution in [-0.2, 0) is 16.6 Å². The highest BCUT2D eigenvalue weighted by molar-refractivity contribution is 5.81. The largest absolute Gasteiger partial charge is 0.481 e. The minimum Gasteiger partial charge on any atom is -0.481 e. The third-order valence-electron chi connectivity index (χ3n) is 3.90. The Labute approximate surface area is 117 Å². The standard InChI is InChI=1S/C17H16O3/c1-17(2,16(18)19)13-7-5-9-15-12(13)10-11-6-3-4-8-14(11)20-15/h3-9H,10H2,1-2H3,(H,18,19). The van der Waals surface area contributed by atoms with Gasteiger partial charge in [0, 0.05) is 12.0 Å². The van der Waals surface area contributed by atoms with Crippen LogP contribution in [0.2, 0.25) is 0 Å². The molecule has 0 fully saturated rings. The summed E-state index contributed by atoms with van der Waals surface area (Å²) in [5, 5.41) is 9.45. The molecule has 1 aliphatic heterocycles. The number of fused-ring (bicyclic) bond motifs is 2. The zero-order chi connectivity index (χ0) is 14.3. The first-order valence-electron chi connectivity index (χ1n) is 6.61.